The summed E-state index contributed by atoms with van der Waals surface area (Å²) in [4.78, 5) is 4.42. The molecule has 1 aromatic heterocycles. The molecule has 1 N–H and O–H groups in total. The van der Waals surface area contributed by atoms with E-state index in [-0.39, 0.29) is 12.2 Å². The van der Waals surface area contributed by atoms with E-state index in [4.69, 9.17) is 21.1 Å². The van der Waals surface area contributed by atoms with E-state index in [2.05, 4.69) is 24.1 Å². The summed E-state index contributed by atoms with van der Waals surface area (Å²) in [6, 6.07) is 5.92. The second-order valence-electron chi connectivity index (χ2n) is 5.69. The van der Waals surface area contributed by atoms with Gasteiger partial charge in [-0.15, -0.1) is 11.6 Å². The molecule has 3 rings (SSSR count). The molecule has 0 spiro atoms. The lowest BCUT2D eigenvalue weighted by atomic mass is 10.1. The third-order valence-corrected chi connectivity index (χ3v) is 3.81. The van der Waals surface area contributed by atoms with E-state index in [1.807, 2.05) is 18.2 Å². The van der Waals surface area contributed by atoms with Gasteiger partial charge in [-0.2, -0.15) is 0 Å². The van der Waals surface area contributed by atoms with E-state index in [0.29, 0.717) is 12.5 Å². The van der Waals surface area contributed by atoms with Crippen molar-refractivity contribution >= 4 is 28.2 Å². The molecule has 1 atom stereocenters. The Morgan fingerprint density at radius 1 is 1.29 bits per heavy atom. The largest absolute Gasteiger partial charge is 0.454 e. The van der Waals surface area contributed by atoms with Crippen molar-refractivity contribution in [2.45, 2.75) is 25.6 Å². The first-order valence-electron chi connectivity index (χ1n) is 7.20. The molecule has 5 heteroatoms. The summed E-state index contributed by atoms with van der Waals surface area (Å²) in [5.41, 5.74) is 0. The van der Waals surface area contributed by atoms with Gasteiger partial charge < -0.3 is 14.8 Å². The Labute approximate surface area is 129 Å². The second kappa shape index (κ2) is 5.98. The average Bonchev–Trinajstić information content (AvgIpc) is 2.89. The summed E-state index contributed by atoms with van der Waals surface area (Å²) < 4.78 is 10.8. The molecule has 2 heterocycles. The molecule has 0 saturated heterocycles. The molecule has 1 aliphatic heterocycles. The number of hydrogen-bond donors (Lipinski definition) is 1. The lowest BCUT2D eigenvalue weighted by Gasteiger charge is -2.14. The van der Waals surface area contributed by atoms with Crippen molar-refractivity contribution in [1.82, 2.24) is 4.98 Å². The van der Waals surface area contributed by atoms with E-state index >= 15 is 0 Å². The number of benzene rings is 1. The highest BCUT2D eigenvalue weighted by Gasteiger charge is 2.16. The first-order valence-corrected chi connectivity index (χ1v) is 7.63. The molecule has 0 fully saturated rings. The first kappa shape index (κ1) is 14.3. The lowest BCUT2D eigenvalue weighted by molar-refractivity contribution is 0.174. The number of rotatable bonds is 5. The van der Waals surface area contributed by atoms with Crippen LogP contribution >= 0.6 is 11.6 Å². The van der Waals surface area contributed by atoms with Gasteiger partial charge in [0.15, 0.2) is 11.5 Å². The van der Waals surface area contributed by atoms with Gasteiger partial charge >= 0.3 is 0 Å². The number of halogens is 1. The highest BCUT2D eigenvalue weighted by atomic mass is 35.5. The minimum atomic E-state index is 0.0936. The molecule has 112 valence electrons. The zero-order chi connectivity index (χ0) is 14.8. The van der Waals surface area contributed by atoms with E-state index in [0.717, 1.165) is 34.5 Å². The first-order chi connectivity index (χ1) is 10.1. The maximum atomic E-state index is 6.34. The summed E-state index contributed by atoms with van der Waals surface area (Å²) in [6.45, 7) is 5.32. The molecule has 0 bridgehead atoms. The Morgan fingerprint density at radius 3 is 2.81 bits per heavy atom. The maximum Gasteiger partial charge on any atom is 0.231 e. The number of anilines is 1. The van der Waals surface area contributed by atoms with Crippen LogP contribution in [-0.2, 0) is 0 Å². The van der Waals surface area contributed by atoms with Gasteiger partial charge in [0.25, 0.3) is 0 Å². The molecule has 1 aliphatic rings. The number of pyridine rings is 1. The highest BCUT2D eigenvalue weighted by molar-refractivity contribution is 6.21. The summed E-state index contributed by atoms with van der Waals surface area (Å²) in [5.74, 6) is 2.97. The Hall–Kier alpha value is -1.68. The topological polar surface area (TPSA) is 43.4 Å². The van der Waals surface area contributed by atoms with Crippen molar-refractivity contribution < 1.29 is 9.47 Å². The highest BCUT2D eigenvalue weighted by Crippen LogP contribution is 2.37. The summed E-state index contributed by atoms with van der Waals surface area (Å²) >= 11 is 6.34. The third-order valence-electron chi connectivity index (χ3n) is 3.48. The Balaban J connectivity index is 1.82. The average molecular weight is 307 g/mol. The third kappa shape index (κ3) is 3.16. The van der Waals surface area contributed by atoms with Crippen LogP contribution in [0, 0.1) is 5.92 Å². The van der Waals surface area contributed by atoms with E-state index in [9.17, 15) is 0 Å². The molecule has 4 nitrogen and oxygen atoms in total. The molecule has 0 radical (unpaired) electrons. The number of alkyl halides is 1. The molecule has 0 aliphatic carbocycles. The van der Waals surface area contributed by atoms with Crippen molar-refractivity contribution in [3.8, 4) is 11.5 Å². The predicted molar refractivity (Wildman–Crippen MR) is 85.5 cm³/mol. The van der Waals surface area contributed by atoms with Gasteiger partial charge in [-0.1, -0.05) is 13.8 Å². The van der Waals surface area contributed by atoms with Crippen LogP contribution in [-0.4, -0.2) is 23.7 Å². The Kier molecular flexibility index (Phi) is 4.06. The molecule has 0 saturated carbocycles. The fourth-order valence-corrected chi connectivity index (χ4v) is 2.94. The van der Waals surface area contributed by atoms with Crippen LogP contribution in [0.3, 0.4) is 0 Å². The Morgan fingerprint density at radius 2 is 2.05 bits per heavy atom. The van der Waals surface area contributed by atoms with Crippen LogP contribution in [0.15, 0.2) is 24.4 Å². The summed E-state index contributed by atoms with van der Waals surface area (Å²) in [7, 11) is 0. The smallest absolute Gasteiger partial charge is 0.231 e. The van der Waals surface area contributed by atoms with Crippen LogP contribution in [0.4, 0.5) is 5.82 Å². The van der Waals surface area contributed by atoms with Crippen molar-refractivity contribution in [1.29, 1.82) is 0 Å². The zero-order valence-electron chi connectivity index (χ0n) is 12.2. The number of hydrogen-bond acceptors (Lipinski definition) is 4. The number of aromatic nitrogens is 1. The van der Waals surface area contributed by atoms with Crippen LogP contribution in [0.1, 0.15) is 20.3 Å². The molecule has 2 aromatic rings. The van der Waals surface area contributed by atoms with Gasteiger partial charge in [0.1, 0.15) is 5.82 Å². The van der Waals surface area contributed by atoms with Crippen LogP contribution in [0.2, 0.25) is 0 Å². The van der Waals surface area contributed by atoms with Gasteiger partial charge in [0, 0.05) is 18.1 Å². The van der Waals surface area contributed by atoms with Gasteiger partial charge in [0.2, 0.25) is 6.79 Å². The monoisotopic (exact) mass is 306 g/mol. The molecular formula is C16H19ClN2O2. The molecular weight excluding hydrogens is 288 g/mol. The van der Waals surface area contributed by atoms with Crippen LogP contribution in [0.25, 0.3) is 10.8 Å². The lowest BCUT2D eigenvalue weighted by Crippen LogP contribution is -2.17. The molecule has 1 unspecified atom stereocenters. The zero-order valence-corrected chi connectivity index (χ0v) is 13.0. The van der Waals surface area contributed by atoms with Crippen molar-refractivity contribution in [2.24, 2.45) is 5.92 Å². The SMILES string of the molecule is CC(C)CC(Cl)CNc1nccc2cc3c(cc12)OCO3. The predicted octanol–water partition coefficient (Wildman–Crippen LogP) is 4.03. The molecule has 1 aromatic carbocycles. The second-order valence-corrected chi connectivity index (χ2v) is 6.31. The van der Waals surface area contributed by atoms with Crippen LogP contribution < -0.4 is 14.8 Å². The number of nitrogens with one attached hydrogen (secondary N) is 1. The van der Waals surface area contributed by atoms with Gasteiger partial charge in [-0.05, 0) is 35.9 Å². The van der Waals surface area contributed by atoms with Gasteiger partial charge in [-0.3, -0.25) is 0 Å². The van der Waals surface area contributed by atoms with Crippen LogP contribution in [0.5, 0.6) is 11.5 Å². The van der Waals surface area contributed by atoms with Crippen molar-refractivity contribution in [2.75, 3.05) is 18.7 Å². The number of ether oxygens (including phenoxy) is 2. The fourth-order valence-electron chi connectivity index (χ4n) is 2.51. The minimum Gasteiger partial charge on any atom is -0.454 e. The number of nitrogens with zero attached hydrogens (tertiary/aromatic N) is 1. The number of fused-ring (bicyclic) bond motifs is 2. The molecule has 0 amide bonds. The Bertz CT molecular complexity index is 645. The minimum absolute atomic E-state index is 0.0936. The maximum absolute atomic E-state index is 6.34. The normalized spacial score (nSPS) is 14.7. The van der Waals surface area contributed by atoms with E-state index in [1.54, 1.807) is 6.20 Å². The van der Waals surface area contributed by atoms with E-state index < -0.39 is 0 Å². The van der Waals surface area contributed by atoms with Gasteiger partial charge in [0.05, 0.1) is 5.38 Å². The molecule has 21 heavy (non-hydrogen) atoms. The van der Waals surface area contributed by atoms with Gasteiger partial charge in [-0.25, -0.2) is 4.98 Å². The van der Waals surface area contributed by atoms with E-state index in [1.165, 1.54) is 0 Å². The standard InChI is InChI=1S/C16H19ClN2O2/c1-10(2)5-12(17)8-19-16-13-7-15-14(20-9-21-15)6-11(13)3-4-18-16/h3-4,6-7,10,12H,5,8-9H2,1-2H3,(H,18,19). The summed E-state index contributed by atoms with van der Waals surface area (Å²) in [5, 5.41) is 5.54. The van der Waals surface area contributed by atoms with Crippen molar-refractivity contribution in [3.63, 3.8) is 0 Å². The quantitative estimate of drug-likeness (QED) is 0.847. The summed E-state index contributed by atoms with van der Waals surface area (Å²) in [6.07, 6.45) is 2.77. The van der Waals surface area contributed by atoms with Crippen molar-refractivity contribution in [3.05, 3.63) is 24.4 Å². The fraction of sp³-hybridized carbons (Fsp3) is 0.438.